The number of likely N-dealkylation sites (tertiary alicyclic amines) is 1. The molecule has 2 aromatic rings. The van der Waals surface area contributed by atoms with E-state index in [9.17, 15) is 19.5 Å². The van der Waals surface area contributed by atoms with Gasteiger partial charge in [0.25, 0.3) is 5.91 Å². The van der Waals surface area contributed by atoms with Crippen LogP contribution in [0.3, 0.4) is 0 Å². The molecule has 3 amide bonds. The molecule has 3 heterocycles. The summed E-state index contributed by atoms with van der Waals surface area (Å²) in [6, 6.07) is 14.6. The van der Waals surface area contributed by atoms with Crippen LogP contribution in [0.4, 0.5) is 11.4 Å². The largest absolute Gasteiger partial charge is 0.394 e. The molecule has 0 saturated carbocycles. The van der Waals surface area contributed by atoms with Gasteiger partial charge in [0, 0.05) is 29.5 Å². The zero-order valence-electron chi connectivity index (χ0n) is 25.7. The predicted molar refractivity (Wildman–Crippen MR) is 172 cm³/mol. The van der Waals surface area contributed by atoms with Gasteiger partial charge in [0.15, 0.2) is 0 Å². The summed E-state index contributed by atoms with van der Waals surface area (Å²) >= 11 is 6.16. The monoisotopic (exact) mass is 619 g/mol. The Kier molecular flexibility index (Phi) is 9.08. The van der Waals surface area contributed by atoms with Crippen molar-refractivity contribution in [2.24, 2.45) is 17.8 Å². The van der Waals surface area contributed by atoms with E-state index in [1.807, 2.05) is 51.1 Å². The van der Waals surface area contributed by atoms with E-state index in [0.29, 0.717) is 35.7 Å². The second-order valence-electron chi connectivity index (χ2n) is 12.4. The van der Waals surface area contributed by atoms with E-state index in [-0.39, 0.29) is 43.3 Å². The van der Waals surface area contributed by atoms with Gasteiger partial charge < -0.3 is 24.5 Å². The van der Waals surface area contributed by atoms with Crippen molar-refractivity contribution >= 4 is 40.7 Å². The minimum atomic E-state index is -1.24. The molecule has 234 valence electrons. The first-order valence-electron chi connectivity index (χ1n) is 15.4. The summed E-state index contributed by atoms with van der Waals surface area (Å²) in [5.41, 5.74) is -0.851. The van der Waals surface area contributed by atoms with Crippen LogP contribution in [-0.4, -0.2) is 70.7 Å². The molecule has 3 aliphatic rings. The number of aliphatic hydroxyl groups is 1. The first-order valence-corrected chi connectivity index (χ1v) is 15.8. The van der Waals surface area contributed by atoms with Crippen molar-refractivity contribution in [3.63, 3.8) is 0 Å². The number of carbonyl (C=O) groups is 3. The second-order valence-corrected chi connectivity index (χ2v) is 12.8. The van der Waals surface area contributed by atoms with Crippen LogP contribution < -0.4 is 9.80 Å². The van der Waals surface area contributed by atoms with Crippen molar-refractivity contribution in [2.45, 2.75) is 63.3 Å². The average Bonchev–Trinajstić information content (AvgIpc) is 3.63. The van der Waals surface area contributed by atoms with Crippen molar-refractivity contribution in [3.8, 4) is 0 Å². The third-order valence-electron chi connectivity index (χ3n) is 9.79. The fraction of sp³-hybridized carbons (Fsp3) is 0.457. The maximum atomic E-state index is 14.9. The van der Waals surface area contributed by atoms with Crippen LogP contribution >= 0.6 is 11.6 Å². The van der Waals surface area contributed by atoms with E-state index >= 15 is 0 Å². The first kappa shape index (κ1) is 31.9. The summed E-state index contributed by atoms with van der Waals surface area (Å²) in [7, 11) is 0. The minimum absolute atomic E-state index is 0.161. The number of anilines is 2. The third kappa shape index (κ3) is 4.97. The van der Waals surface area contributed by atoms with Gasteiger partial charge in [-0.15, -0.1) is 13.2 Å². The molecule has 0 radical (unpaired) electrons. The molecule has 5 rings (SSSR count). The highest BCUT2D eigenvalue weighted by atomic mass is 35.5. The van der Waals surface area contributed by atoms with Crippen molar-refractivity contribution in [2.75, 3.05) is 29.5 Å². The molecule has 3 saturated heterocycles. The molecule has 3 fully saturated rings. The van der Waals surface area contributed by atoms with Gasteiger partial charge in [-0.3, -0.25) is 14.4 Å². The molecule has 2 aromatic carbocycles. The summed E-state index contributed by atoms with van der Waals surface area (Å²) in [6.07, 6.45) is 4.79. The van der Waals surface area contributed by atoms with E-state index in [1.165, 1.54) is 4.90 Å². The molecular formula is C35H42ClN3O5. The first-order chi connectivity index (χ1) is 21.1. The zero-order chi connectivity index (χ0) is 31.8. The summed E-state index contributed by atoms with van der Waals surface area (Å²) in [6.45, 7) is 13.7. The number of aliphatic hydroxyl groups excluding tert-OH is 1. The Labute approximate surface area is 264 Å². The van der Waals surface area contributed by atoms with E-state index in [2.05, 4.69) is 13.2 Å². The summed E-state index contributed by atoms with van der Waals surface area (Å²) in [5.74, 6) is -2.76. The highest BCUT2D eigenvalue weighted by molar-refractivity contribution is 6.30. The Morgan fingerprint density at radius 1 is 1.02 bits per heavy atom. The summed E-state index contributed by atoms with van der Waals surface area (Å²) in [4.78, 5) is 49.1. The summed E-state index contributed by atoms with van der Waals surface area (Å²) < 4.78 is 7.00. The molecule has 1 N–H and O–H groups in total. The fourth-order valence-electron chi connectivity index (χ4n) is 7.74. The van der Waals surface area contributed by atoms with Crippen molar-refractivity contribution in [1.29, 1.82) is 0 Å². The number of rotatable bonds is 12. The second kappa shape index (κ2) is 12.5. The number of benzene rings is 2. The van der Waals surface area contributed by atoms with Gasteiger partial charge in [-0.05, 0) is 61.6 Å². The Morgan fingerprint density at radius 2 is 1.61 bits per heavy atom. The molecule has 0 aliphatic carbocycles. The van der Waals surface area contributed by atoms with Crippen LogP contribution in [0.5, 0.6) is 0 Å². The van der Waals surface area contributed by atoms with Gasteiger partial charge in [0.2, 0.25) is 11.8 Å². The highest BCUT2D eigenvalue weighted by Gasteiger charge is 2.79. The lowest BCUT2D eigenvalue weighted by molar-refractivity contribution is -0.150. The van der Waals surface area contributed by atoms with Gasteiger partial charge in [-0.1, -0.05) is 62.7 Å². The molecule has 2 unspecified atom stereocenters. The number of amides is 3. The standard InChI is InChI=1S/C35H42ClN3O5/c1-6-20-37(25-12-10-9-11-13-25)31(41)28-29-32(42)39(27(22-40)23(4)5)30(35(29)19-18-34(28,8-3)44-35)33(43)38(21-7-2)26-16-14-24(36)15-17-26/h6-7,9-17,23,27-30,40H,1-2,8,18-22H2,3-5H3/t27-,28-,29-,30?,34+,35?/m0/s1. The Balaban J connectivity index is 1.66. The number of halogens is 1. The van der Waals surface area contributed by atoms with Crippen LogP contribution in [0.25, 0.3) is 0 Å². The Bertz CT molecular complexity index is 1420. The van der Waals surface area contributed by atoms with E-state index < -0.39 is 35.1 Å². The van der Waals surface area contributed by atoms with E-state index in [0.717, 1.165) is 0 Å². The van der Waals surface area contributed by atoms with Crippen LogP contribution in [-0.2, 0) is 19.1 Å². The molecule has 1 spiro atoms. The van der Waals surface area contributed by atoms with Gasteiger partial charge >= 0.3 is 0 Å². The SMILES string of the molecule is C=CCN(C(=O)C1N([C@@H](CO)C(C)C)C(=O)[C@@H]2[C@@H](C(=O)N(CC=C)c3ccccc3)[C@@]3(CC)CCC12O3)c1ccc(Cl)cc1. The number of para-hydroxylation sites is 1. The summed E-state index contributed by atoms with van der Waals surface area (Å²) in [5, 5.41) is 11.1. The number of hydrogen-bond acceptors (Lipinski definition) is 5. The highest BCUT2D eigenvalue weighted by Crippen LogP contribution is 2.65. The molecule has 2 bridgehead atoms. The zero-order valence-corrected chi connectivity index (χ0v) is 26.5. The van der Waals surface area contributed by atoms with Gasteiger partial charge in [0.1, 0.15) is 11.6 Å². The maximum absolute atomic E-state index is 14.9. The van der Waals surface area contributed by atoms with Crippen molar-refractivity contribution < 1.29 is 24.2 Å². The third-order valence-corrected chi connectivity index (χ3v) is 10.0. The Hall–Kier alpha value is -3.46. The average molecular weight is 620 g/mol. The number of nitrogens with zero attached hydrogens (tertiary/aromatic N) is 3. The van der Waals surface area contributed by atoms with E-state index in [1.54, 1.807) is 46.2 Å². The van der Waals surface area contributed by atoms with Crippen LogP contribution in [0.15, 0.2) is 79.9 Å². The van der Waals surface area contributed by atoms with Crippen LogP contribution in [0.1, 0.15) is 40.0 Å². The number of ether oxygens (including phenoxy) is 1. The minimum Gasteiger partial charge on any atom is -0.394 e. The fourth-order valence-corrected chi connectivity index (χ4v) is 7.86. The van der Waals surface area contributed by atoms with Gasteiger partial charge in [-0.25, -0.2) is 0 Å². The maximum Gasteiger partial charge on any atom is 0.253 e. The molecular weight excluding hydrogens is 578 g/mol. The molecule has 9 heteroatoms. The lowest BCUT2D eigenvalue weighted by Crippen LogP contribution is -2.60. The molecule has 0 aromatic heterocycles. The topological polar surface area (TPSA) is 90.4 Å². The van der Waals surface area contributed by atoms with Crippen LogP contribution in [0.2, 0.25) is 5.02 Å². The molecule has 3 aliphatic heterocycles. The lowest BCUT2D eigenvalue weighted by Gasteiger charge is -2.40. The normalized spacial score (nSPS) is 27.7. The van der Waals surface area contributed by atoms with Crippen molar-refractivity contribution in [3.05, 3.63) is 84.9 Å². The number of carbonyl (C=O) groups excluding carboxylic acids is 3. The molecule has 6 atom stereocenters. The quantitative estimate of drug-likeness (QED) is 0.328. The number of fused-ring (bicyclic) bond motifs is 1. The van der Waals surface area contributed by atoms with Gasteiger partial charge in [0.05, 0.1) is 30.1 Å². The molecule has 8 nitrogen and oxygen atoms in total. The van der Waals surface area contributed by atoms with E-state index in [4.69, 9.17) is 16.3 Å². The van der Waals surface area contributed by atoms with Crippen LogP contribution in [0, 0.1) is 17.8 Å². The number of hydrogen-bond donors (Lipinski definition) is 1. The van der Waals surface area contributed by atoms with Crippen molar-refractivity contribution in [1.82, 2.24) is 4.90 Å². The molecule has 44 heavy (non-hydrogen) atoms. The smallest absolute Gasteiger partial charge is 0.253 e. The Morgan fingerprint density at radius 3 is 2.16 bits per heavy atom. The lowest BCUT2D eigenvalue weighted by atomic mass is 9.64. The predicted octanol–water partition coefficient (Wildman–Crippen LogP) is 5.25. The van der Waals surface area contributed by atoms with Gasteiger partial charge in [-0.2, -0.15) is 0 Å².